The van der Waals surface area contributed by atoms with Crippen LogP contribution in [0.25, 0.3) is 4.91 Å². The van der Waals surface area contributed by atoms with Gasteiger partial charge < -0.3 is 10.1 Å². The standard InChI is InChI=1S/C17H19NO3S3/c1-3-4-9-21-17(20)14(15(22-2)12-7-5-10-23-12)18-16(19)13-8-6-11-24-13/h5-8,10-11H,3-4,9H2,1-2H3,(H,18,19)/b15-14+. The van der Waals surface area contributed by atoms with E-state index in [1.807, 2.05) is 36.1 Å². The Labute approximate surface area is 153 Å². The van der Waals surface area contributed by atoms with Gasteiger partial charge in [0, 0.05) is 4.88 Å². The van der Waals surface area contributed by atoms with Gasteiger partial charge in [0.15, 0.2) is 0 Å². The van der Waals surface area contributed by atoms with Gasteiger partial charge >= 0.3 is 5.97 Å². The highest BCUT2D eigenvalue weighted by molar-refractivity contribution is 8.07. The number of hydrogen-bond acceptors (Lipinski definition) is 6. The largest absolute Gasteiger partial charge is 0.461 e. The molecule has 0 fully saturated rings. The van der Waals surface area contributed by atoms with E-state index in [0.29, 0.717) is 11.5 Å². The van der Waals surface area contributed by atoms with E-state index >= 15 is 0 Å². The summed E-state index contributed by atoms with van der Waals surface area (Å²) in [5.41, 5.74) is 0.208. The third kappa shape index (κ3) is 4.96. The Hall–Kier alpha value is -1.57. The lowest BCUT2D eigenvalue weighted by molar-refractivity contribution is -0.139. The molecular formula is C17H19NO3S3. The average molecular weight is 382 g/mol. The predicted molar refractivity (Wildman–Crippen MR) is 102 cm³/mol. The second kappa shape index (κ2) is 9.66. The number of hydrogen-bond donors (Lipinski definition) is 1. The van der Waals surface area contributed by atoms with E-state index in [2.05, 4.69) is 5.32 Å². The molecule has 128 valence electrons. The van der Waals surface area contributed by atoms with Gasteiger partial charge in [0.1, 0.15) is 5.70 Å². The Morgan fingerprint density at radius 3 is 2.38 bits per heavy atom. The molecule has 2 heterocycles. The summed E-state index contributed by atoms with van der Waals surface area (Å²) in [5, 5.41) is 6.51. The molecule has 4 nitrogen and oxygen atoms in total. The van der Waals surface area contributed by atoms with Crippen molar-refractivity contribution in [3.8, 4) is 0 Å². The summed E-state index contributed by atoms with van der Waals surface area (Å²) >= 11 is 4.27. The molecule has 0 aromatic carbocycles. The molecule has 1 N–H and O–H groups in total. The number of thiophene rings is 2. The molecule has 0 aliphatic rings. The second-order valence-electron chi connectivity index (χ2n) is 4.81. The topological polar surface area (TPSA) is 55.4 Å². The van der Waals surface area contributed by atoms with Crippen LogP contribution < -0.4 is 5.32 Å². The predicted octanol–water partition coefficient (Wildman–Crippen LogP) is 4.61. The van der Waals surface area contributed by atoms with E-state index < -0.39 is 5.97 Å². The summed E-state index contributed by atoms with van der Waals surface area (Å²) in [5.74, 6) is -0.790. The maximum atomic E-state index is 12.5. The third-order valence-electron chi connectivity index (χ3n) is 3.09. The van der Waals surface area contributed by atoms with E-state index in [-0.39, 0.29) is 11.6 Å². The number of unbranched alkanes of at least 4 members (excludes halogenated alkanes) is 1. The Morgan fingerprint density at radius 1 is 1.17 bits per heavy atom. The highest BCUT2D eigenvalue weighted by Gasteiger charge is 2.22. The molecule has 1 amide bonds. The fourth-order valence-electron chi connectivity index (χ4n) is 1.90. The van der Waals surface area contributed by atoms with Crippen LogP contribution in [0.4, 0.5) is 0 Å². The van der Waals surface area contributed by atoms with Crippen molar-refractivity contribution >= 4 is 51.2 Å². The van der Waals surface area contributed by atoms with Gasteiger partial charge in [-0.1, -0.05) is 25.5 Å². The van der Waals surface area contributed by atoms with Crippen molar-refractivity contribution in [2.75, 3.05) is 12.9 Å². The zero-order chi connectivity index (χ0) is 17.4. The highest BCUT2D eigenvalue weighted by atomic mass is 32.2. The van der Waals surface area contributed by atoms with Crippen molar-refractivity contribution in [2.24, 2.45) is 0 Å². The van der Waals surface area contributed by atoms with Gasteiger partial charge in [-0.25, -0.2) is 4.79 Å². The van der Waals surface area contributed by atoms with Crippen LogP contribution in [0.3, 0.4) is 0 Å². The molecule has 0 unspecified atom stereocenters. The first-order chi connectivity index (χ1) is 11.7. The van der Waals surface area contributed by atoms with Gasteiger partial charge in [0.05, 0.1) is 16.4 Å². The minimum absolute atomic E-state index is 0.208. The van der Waals surface area contributed by atoms with Gasteiger partial charge in [0.2, 0.25) is 0 Å². The lowest BCUT2D eigenvalue weighted by Gasteiger charge is -2.13. The fraction of sp³-hybridized carbons (Fsp3) is 0.294. The SMILES string of the molecule is CCCCOC(=O)/C(NC(=O)c1cccs1)=C(\SC)c1cccs1. The lowest BCUT2D eigenvalue weighted by atomic mass is 10.3. The molecule has 0 saturated carbocycles. The fourth-order valence-corrected chi connectivity index (χ4v) is 4.19. The molecule has 24 heavy (non-hydrogen) atoms. The van der Waals surface area contributed by atoms with Crippen molar-refractivity contribution in [1.29, 1.82) is 0 Å². The Morgan fingerprint density at radius 2 is 1.83 bits per heavy atom. The number of rotatable bonds is 8. The monoisotopic (exact) mass is 381 g/mol. The maximum absolute atomic E-state index is 12.5. The first-order valence-electron chi connectivity index (χ1n) is 7.51. The van der Waals surface area contributed by atoms with Crippen molar-refractivity contribution in [3.05, 3.63) is 50.5 Å². The zero-order valence-corrected chi connectivity index (χ0v) is 16.0. The second-order valence-corrected chi connectivity index (χ2v) is 7.52. The Bertz CT molecular complexity index is 691. The molecule has 0 aliphatic heterocycles. The normalized spacial score (nSPS) is 11.8. The molecule has 7 heteroatoms. The first kappa shape index (κ1) is 18.8. The molecule has 0 aliphatic carbocycles. The summed E-state index contributed by atoms with van der Waals surface area (Å²) in [7, 11) is 0. The number of nitrogens with one attached hydrogen (secondary N) is 1. The molecule has 2 aromatic rings. The van der Waals surface area contributed by atoms with Crippen LogP contribution >= 0.6 is 34.4 Å². The van der Waals surface area contributed by atoms with E-state index in [9.17, 15) is 9.59 Å². The number of carbonyl (C=O) groups is 2. The van der Waals surface area contributed by atoms with Crippen LogP contribution in [0.5, 0.6) is 0 Å². The first-order valence-corrected chi connectivity index (χ1v) is 10.5. The molecule has 0 bridgehead atoms. The smallest absolute Gasteiger partial charge is 0.356 e. The van der Waals surface area contributed by atoms with Crippen molar-refractivity contribution in [1.82, 2.24) is 5.32 Å². The molecule has 2 rings (SSSR count). The van der Waals surface area contributed by atoms with E-state index in [1.54, 1.807) is 12.1 Å². The maximum Gasteiger partial charge on any atom is 0.356 e. The molecule has 0 saturated heterocycles. The number of thioether (sulfide) groups is 1. The number of amides is 1. The minimum Gasteiger partial charge on any atom is -0.461 e. The van der Waals surface area contributed by atoms with Crippen molar-refractivity contribution in [3.63, 3.8) is 0 Å². The van der Waals surface area contributed by atoms with E-state index in [4.69, 9.17) is 4.74 Å². The number of ether oxygens (including phenoxy) is 1. The van der Waals surface area contributed by atoms with Crippen molar-refractivity contribution < 1.29 is 14.3 Å². The summed E-state index contributed by atoms with van der Waals surface area (Å²) in [6.45, 7) is 2.38. The highest BCUT2D eigenvalue weighted by Crippen LogP contribution is 2.32. The van der Waals surface area contributed by atoms with Crippen LogP contribution in [0.15, 0.2) is 40.7 Å². The molecule has 0 spiro atoms. The van der Waals surface area contributed by atoms with Crippen LogP contribution in [-0.4, -0.2) is 24.7 Å². The van der Waals surface area contributed by atoms with E-state index in [1.165, 1.54) is 34.4 Å². The van der Waals surface area contributed by atoms with Gasteiger partial charge in [-0.2, -0.15) is 0 Å². The molecular weight excluding hydrogens is 362 g/mol. The minimum atomic E-state index is -0.494. The molecule has 0 radical (unpaired) electrons. The van der Waals surface area contributed by atoms with Gasteiger partial charge in [-0.05, 0) is 35.6 Å². The van der Waals surface area contributed by atoms with Crippen LogP contribution in [0.1, 0.15) is 34.3 Å². The van der Waals surface area contributed by atoms with Crippen molar-refractivity contribution in [2.45, 2.75) is 19.8 Å². The van der Waals surface area contributed by atoms with Gasteiger partial charge in [0.25, 0.3) is 5.91 Å². The van der Waals surface area contributed by atoms with Gasteiger partial charge in [-0.3, -0.25) is 4.79 Å². The Kier molecular flexibility index (Phi) is 7.55. The quantitative estimate of drug-likeness (QED) is 0.412. The lowest BCUT2D eigenvalue weighted by Crippen LogP contribution is -2.29. The average Bonchev–Trinajstić information content (AvgIpc) is 3.28. The summed E-state index contributed by atoms with van der Waals surface area (Å²) in [6, 6.07) is 7.37. The molecule has 2 aromatic heterocycles. The van der Waals surface area contributed by atoms with Crippen LogP contribution in [-0.2, 0) is 9.53 Å². The number of esters is 1. The van der Waals surface area contributed by atoms with Crippen LogP contribution in [0.2, 0.25) is 0 Å². The molecule has 0 atom stereocenters. The van der Waals surface area contributed by atoms with E-state index in [0.717, 1.165) is 22.6 Å². The van der Waals surface area contributed by atoms with Gasteiger partial charge in [-0.15, -0.1) is 34.4 Å². The summed E-state index contributed by atoms with van der Waals surface area (Å²) < 4.78 is 5.33. The zero-order valence-electron chi connectivity index (χ0n) is 13.5. The third-order valence-corrected chi connectivity index (χ3v) is 5.81. The summed E-state index contributed by atoms with van der Waals surface area (Å²) in [6.07, 6.45) is 3.62. The Balaban J connectivity index is 2.29. The number of carbonyl (C=O) groups excluding carboxylic acids is 2. The van der Waals surface area contributed by atoms with Crippen LogP contribution in [0, 0.1) is 0 Å². The summed E-state index contributed by atoms with van der Waals surface area (Å²) in [4.78, 5) is 27.1.